The second-order valence-electron chi connectivity index (χ2n) is 5.82. The van der Waals surface area contributed by atoms with Crippen LogP contribution in [0, 0.1) is 13.8 Å². The summed E-state index contributed by atoms with van der Waals surface area (Å²) in [5, 5.41) is 14.1. The van der Waals surface area contributed by atoms with E-state index in [9.17, 15) is 0 Å². The lowest BCUT2D eigenvalue weighted by Crippen LogP contribution is -2.17. The van der Waals surface area contributed by atoms with Gasteiger partial charge in [-0.25, -0.2) is 19.3 Å². The van der Waals surface area contributed by atoms with Crippen LogP contribution in [0.1, 0.15) is 17.2 Å². The molecule has 3 aromatic heterocycles. The number of aryl methyl sites for hydroxylation is 2. The maximum absolute atomic E-state index is 6.14. The number of anilines is 1. The van der Waals surface area contributed by atoms with Gasteiger partial charge in [-0.1, -0.05) is 23.9 Å². The van der Waals surface area contributed by atoms with Crippen molar-refractivity contribution in [2.24, 2.45) is 0 Å². The molecule has 0 aliphatic heterocycles. The molecule has 0 spiro atoms. The van der Waals surface area contributed by atoms with Gasteiger partial charge in [0.25, 0.3) is 5.95 Å². The normalized spacial score (nSPS) is 11.3. The monoisotopic (exact) mass is 367 g/mol. The van der Waals surface area contributed by atoms with E-state index in [1.54, 1.807) is 4.68 Å². The molecule has 0 saturated heterocycles. The molecule has 0 amide bonds. The molecule has 26 heavy (non-hydrogen) atoms. The van der Waals surface area contributed by atoms with Crippen LogP contribution in [0.4, 0.5) is 5.82 Å². The number of fused-ring (bicyclic) bond motifs is 1. The minimum Gasteiger partial charge on any atom is -0.383 e. The Labute approximate surface area is 153 Å². The first-order chi connectivity index (χ1) is 12.5. The zero-order chi connectivity index (χ0) is 18.3. The first kappa shape index (κ1) is 16.3. The number of para-hydroxylation sites is 1. The van der Waals surface area contributed by atoms with Crippen LogP contribution in [-0.2, 0) is 5.75 Å². The average molecular weight is 367 g/mol. The Hall–Kier alpha value is -3.14. The number of aromatic nitrogens is 7. The third-order valence-electron chi connectivity index (χ3n) is 3.85. The molecule has 10 heteroatoms. The summed E-state index contributed by atoms with van der Waals surface area (Å²) in [5.74, 6) is 8.15. The summed E-state index contributed by atoms with van der Waals surface area (Å²) in [6.07, 6.45) is 0. The highest BCUT2D eigenvalue weighted by Crippen LogP contribution is 2.23. The molecule has 132 valence electrons. The molecule has 9 nitrogen and oxygen atoms in total. The Morgan fingerprint density at radius 2 is 1.92 bits per heavy atom. The van der Waals surface area contributed by atoms with Crippen LogP contribution in [0.3, 0.4) is 0 Å². The van der Waals surface area contributed by atoms with Crippen molar-refractivity contribution in [2.45, 2.75) is 24.8 Å². The highest BCUT2D eigenvalue weighted by Gasteiger charge is 2.15. The van der Waals surface area contributed by atoms with Crippen molar-refractivity contribution < 1.29 is 0 Å². The molecular formula is C16H17N9S. The van der Waals surface area contributed by atoms with Crippen molar-refractivity contribution in [3.63, 3.8) is 0 Å². The van der Waals surface area contributed by atoms with Gasteiger partial charge in [0.05, 0.1) is 17.0 Å². The van der Waals surface area contributed by atoms with E-state index in [2.05, 4.69) is 25.3 Å². The van der Waals surface area contributed by atoms with Gasteiger partial charge in [-0.2, -0.15) is 5.10 Å². The van der Waals surface area contributed by atoms with E-state index in [1.165, 1.54) is 16.4 Å². The van der Waals surface area contributed by atoms with Crippen LogP contribution in [-0.4, -0.2) is 34.6 Å². The fraction of sp³-hybridized carbons (Fsp3) is 0.188. The van der Waals surface area contributed by atoms with Crippen LogP contribution in [0.25, 0.3) is 16.9 Å². The molecule has 4 rings (SSSR count). The SMILES string of the molecule is Cc1cc(C)n(-c2nnc(SCc3nc(N)c4ccccc4n3)n2N)n1. The molecule has 0 atom stereocenters. The third kappa shape index (κ3) is 2.84. The number of thioether (sulfide) groups is 1. The average Bonchev–Trinajstić information content (AvgIpc) is 3.14. The number of benzene rings is 1. The number of nitrogens with two attached hydrogens (primary N) is 2. The van der Waals surface area contributed by atoms with Gasteiger partial charge >= 0.3 is 0 Å². The summed E-state index contributed by atoms with van der Waals surface area (Å²) in [6.45, 7) is 3.85. The van der Waals surface area contributed by atoms with Crippen LogP contribution in [0.5, 0.6) is 0 Å². The lowest BCUT2D eigenvalue weighted by Gasteiger charge is -2.06. The largest absolute Gasteiger partial charge is 0.383 e. The van der Waals surface area contributed by atoms with Crippen molar-refractivity contribution in [3.8, 4) is 5.95 Å². The van der Waals surface area contributed by atoms with Crippen molar-refractivity contribution in [1.29, 1.82) is 0 Å². The van der Waals surface area contributed by atoms with Crippen LogP contribution in [0.15, 0.2) is 35.5 Å². The number of hydrogen-bond donors (Lipinski definition) is 2. The minimum absolute atomic E-state index is 0.456. The fourth-order valence-corrected chi connectivity index (χ4v) is 3.39. The molecular weight excluding hydrogens is 350 g/mol. The van der Waals surface area contributed by atoms with Crippen LogP contribution >= 0.6 is 11.8 Å². The van der Waals surface area contributed by atoms with Gasteiger partial charge in [-0.15, -0.1) is 10.2 Å². The van der Waals surface area contributed by atoms with Crippen molar-refractivity contribution in [1.82, 2.24) is 34.6 Å². The van der Waals surface area contributed by atoms with E-state index >= 15 is 0 Å². The smallest absolute Gasteiger partial charge is 0.271 e. The highest BCUT2D eigenvalue weighted by atomic mass is 32.2. The molecule has 0 saturated carbocycles. The molecule has 0 aliphatic rings. The number of nitrogens with zero attached hydrogens (tertiary/aromatic N) is 7. The van der Waals surface area contributed by atoms with Gasteiger partial charge in [-0.3, -0.25) is 0 Å². The van der Waals surface area contributed by atoms with Crippen molar-refractivity contribution in [3.05, 3.63) is 47.5 Å². The summed E-state index contributed by atoms with van der Waals surface area (Å²) in [6, 6.07) is 9.59. The Kier molecular flexibility index (Phi) is 3.96. The number of rotatable bonds is 4. The Morgan fingerprint density at radius 1 is 1.12 bits per heavy atom. The molecule has 4 aromatic rings. The molecule has 0 fully saturated rings. The predicted octanol–water partition coefficient (Wildman–Crippen LogP) is 1.61. The Bertz CT molecular complexity index is 1100. The second-order valence-corrected chi connectivity index (χ2v) is 6.76. The van der Waals surface area contributed by atoms with Gasteiger partial charge in [0.2, 0.25) is 5.16 Å². The predicted molar refractivity (Wildman–Crippen MR) is 100 cm³/mol. The second kappa shape index (κ2) is 6.30. The number of nitrogen functional groups attached to an aromatic ring is 2. The molecule has 0 unspecified atom stereocenters. The van der Waals surface area contributed by atoms with Crippen LogP contribution < -0.4 is 11.6 Å². The summed E-state index contributed by atoms with van der Waals surface area (Å²) >= 11 is 1.39. The maximum Gasteiger partial charge on any atom is 0.271 e. The quantitative estimate of drug-likeness (QED) is 0.411. The Balaban J connectivity index is 1.58. The lowest BCUT2D eigenvalue weighted by atomic mass is 10.2. The molecule has 0 radical (unpaired) electrons. The number of hydrogen-bond acceptors (Lipinski definition) is 8. The minimum atomic E-state index is 0.456. The lowest BCUT2D eigenvalue weighted by molar-refractivity contribution is 0.727. The summed E-state index contributed by atoms with van der Waals surface area (Å²) < 4.78 is 3.07. The van der Waals surface area contributed by atoms with Crippen molar-refractivity contribution >= 4 is 28.5 Å². The Morgan fingerprint density at radius 3 is 2.69 bits per heavy atom. The van der Waals surface area contributed by atoms with Crippen molar-refractivity contribution in [2.75, 3.05) is 11.6 Å². The van der Waals surface area contributed by atoms with Gasteiger partial charge in [0, 0.05) is 11.1 Å². The van der Waals surface area contributed by atoms with E-state index in [1.807, 2.05) is 44.2 Å². The van der Waals surface area contributed by atoms with E-state index in [4.69, 9.17) is 11.6 Å². The van der Waals surface area contributed by atoms with Gasteiger partial charge in [-0.05, 0) is 32.0 Å². The van der Waals surface area contributed by atoms with Gasteiger partial charge in [0.1, 0.15) is 11.6 Å². The highest BCUT2D eigenvalue weighted by molar-refractivity contribution is 7.98. The molecule has 4 N–H and O–H groups in total. The molecule has 0 aliphatic carbocycles. The standard InChI is InChI=1S/C16H17N9S/c1-9-7-10(2)25(23-9)15-21-22-16(24(15)18)26-8-13-19-12-6-4-3-5-11(12)14(17)20-13/h3-7H,8,18H2,1-2H3,(H2,17,19,20). The molecule has 0 bridgehead atoms. The van der Waals surface area contributed by atoms with Crippen LogP contribution in [0.2, 0.25) is 0 Å². The first-order valence-electron chi connectivity index (χ1n) is 7.91. The van der Waals surface area contributed by atoms with Gasteiger partial charge < -0.3 is 11.6 Å². The van der Waals surface area contributed by atoms with E-state index in [0.29, 0.717) is 28.5 Å². The zero-order valence-corrected chi connectivity index (χ0v) is 15.1. The van der Waals surface area contributed by atoms with E-state index in [0.717, 1.165) is 22.3 Å². The third-order valence-corrected chi connectivity index (χ3v) is 4.79. The molecule has 3 heterocycles. The van der Waals surface area contributed by atoms with E-state index in [-0.39, 0.29) is 0 Å². The maximum atomic E-state index is 6.14. The van der Waals surface area contributed by atoms with Gasteiger partial charge in [0.15, 0.2) is 0 Å². The summed E-state index contributed by atoms with van der Waals surface area (Å²) in [7, 11) is 0. The van der Waals surface area contributed by atoms with E-state index < -0.39 is 0 Å². The topological polar surface area (TPSA) is 126 Å². The first-order valence-corrected chi connectivity index (χ1v) is 8.89. The fourth-order valence-electron chi connectivity index (χ4n) is 2.69. The molecule has 1 aromatic carbocycles. The summed E-state index contributed by atoms with van der Waals surface area (Å²) in [5.41, 5.74) is 8.66. The zero-order valence-electron chi connectivity index (χ0n) is 14.3. The summed E-state index contributed by atoms with van der Waals surface area (Å²) in [4.78, 5) is 8.89.